The summed E-state index contributed by atoms with van der Waals surface area (Å²) in [5.74, 6) is -2.08. The molecule has 2 atom stereocenters. The number of hydrogen-bond acceptors (Lipinski definition) is 6. The van der Waals surface area contributed by atoms with Gasteiger partial charge in [0.25, 0.3) is 0 Å². The van der Waals surface area contributed by atoms with Gasteiger partial charge in [0, 0.05) is 43.9 Å². The molecule has 0 amide bonds. The van der Waals surface area contributed by atoms with Crippen molar-refractivity contribution in [2.75, 3.05) is 19.7 Å². The molecule has 2 aromatic rings. The van der Waals surface area contributed by atoms with Crippen molar-refractivity contribution in [3.63, 3.8) is 0 Å². The highest BCUT2D eigenvalue weighted by molar-refractivity contribution is 5.73. The molecule has 0 bridgehead atoms. The van der Waals surface area contributed by atoms with E-state index in [1.165, 1.54) is 5.56 Å². The number of halogens is 3. The van der Waals surface area contributed by atoms with Crippen LogP contribution < -0.4 is 4.74 Å². The zero-order chi connectivity index (χ0) is 20.9. The van der Waals surface area contributed by atoms with Gasteiger partial charge in [-0.15, -0.1) is 0 Å². The number of hydrogen-bond donors (Lipinski definition) is 1. The van der Waals surface area contributed by atoms with Crippen LogP contribution in [0.5, 0.6) is 5.88 Å². The fourth-order valence-electron chi connectivity index (χ4n) is 3.45. The number of ether oxygens (including phenoxy) is 2. The van der Waals surface area contributed by atoms with Crippen LogP contribution in [0.25, 0.3) is 0 Å². The van der Waals surface area contributed by atoms with Gasteiger partial charge in [-0.3, -0.25) is 4.90 Å². The Morgan fingerprint density at radius 2 is 2.17 bits per heavy atom. The predicted octanol–water partition coefficient (Wildman–Crippen LogP) is 3.12. The Morgan fingerprint density at radius 1 is 1.38 bits per heavy atom. The van der Waals surface area contributed by atoms with E-state index >= 15 is 0 Å². The summed E-state index contributed by atoms with van der Waals surface area (Å²) >= 11 is 0. The van der Waals surface area contributed by atoms with Gasteiger partial charge in [-0.05, 0) is 18.6 Å². The normalized spacial score (nSPS) is 24.3. The molecule has 1 spiro atoms. The van der Waals surface area contributed by atoms with E-state index in [0.717, 1.165) is 32.5 Å². The maximum atomic E-state index is 10.6. The molecule has 1 N–H and O–H groups in total. The minimum absolute atomic E-state index is 0.0524. The number of furan rings is 1. The molecule has 29 heavy (non-hydrogen) atoms. The number of carboxylic acids is 1. The highest BCUT2D eigenvalue weighted by atomic mass is 19.4. The van der Waals surface area contributed by atoms with Crippen LogP contribution in [-0.4, -0.2) is 58.5 Å². The third kappa shape index (κ3) is 5.94. The molecule has 0 unspecified atom stereocenters. The fraction of sp³-hybridized carbons (Fsp3) is 0.474. The molecule has 4 rings (SSSR count). The maximum absolute atomic E-state index is 10.6. The molecule has 158 valence electrons. The zero-order valence-electron chi connectivity index (χ0n) is 15.5. The summed E-state index contributed by atoms with van der Waals surface area (Å²) < 4.78 is 48.9. The lowest BCUT2D eigenvalue weighted by molar-refractivity contribution is -0.192. The van der Waals surface area contributed by atoms with Crippen molar-refractivity contribution in [2.45, 2.75) is 37.3 Å². The van der Waals surface area contributed by atoms with Gasteiger partial charge in [0.05, 0.1) is 24.7 Å². The van der Waals surface area contributed by atoms with Crippen LogP contribution in [0.3, 0.4) is 0 Å². The minimum atomic E-state index is -5.08. The molecule has 0 aliphatic carbocycles. The Balaban J connectivity index is 0.000000298. The van der Waals surface area contributed by atoms with E-state index in [1.807, 2.05) is 30.5 Å². The number of carboxylic acid groups (broad SMARTS) is 1. The first-order valence-electron chi connectivity index (χ1n) is 9.01. The summed E-state index contributed by atoms with van der Waals surface area (Å²) in [6, 6.07) is 7.75. The largest absolute Gasteiger partial charge is 0.490 e. The van der Waals surface area contributed by atoms with Crippen molar-refractivity contribution in [1.82, 2.24) is 9.88 Å². The first kappa shape index (κ1) is 21.1. The summed E-state index contributed by atoms with van der Waals surface area (Å²) in [6.07, 6.45) is 2.31. The van der Waals surface area contributed by atoms with E-state index in [0.29, 0.717) is 12.5 Å². The Labute approximate surface area is 165 Å². The molecule has 7 nitrogen and oxygen atoms in total. The molecule has 0 radical (unpaired) electrons. The third-order valence-electron chi connectivity index (χ3n) is 4.72. The van der Waals surface area contributed by atoms with Gasteiger partial charge >= 0.3 is 12.1 Å². The minimum Gasteiger partial charge on any atom is -0.475 e. The highest BCUT2D eigenvalue weighted by Crippen LogP contribution is 2.36. The average Bonchev–Trinajstić information content (AvgIpc) is 3.40. The van der Waals surface area contributed by atoms with E-state index in [9.17, 15) is 13.2 Å². The van der Waals surface area contributed by atoms with Crippen molar-refractivity contribution in [1.29, 1.82) is 0 Å². The van der Waals surface area contributed by atoms with Crippen LogP contribution >= 0.6 is 0 Å². The van der Waals surface area contributed by atoms with Crippen molar-refractivity contribution >= 4 is 5.97 Å². The SMILES string of the molecule is O=C(O)C(F)(F)F.c1ccc(O[C@H]2CO[C@@]3(CCN(Cc4ccoc4)C3)C2)nc1. The van der Waals surface area contributed by atoms with Crippen LogP contribution in [0.1, 0.15) is 18.4 Å². The topological polar surface area (TPSA) is 85.0 Å². The van der Waals surface area contributed by atoms with E-state index in [4.69, 9.17) is 23.8 Å². The molecule has 2 aromatic heterocycles. The van der Waals surface area contributed by atoms with E-state index in [1.54, 1.807) is 12.5 Å². The van der Waals surface area contributed by atoms with Gasteiger partial charge in [-0.1, -0.05) is 6.07 Å². The molecule has 0 aromatic carbocycles. The lowest BCUT2D eigenvalue weighted by Crippen LogP contribution is -2.33. The van der Waals surface area contributed by atoms with Crippen LogP contribution in [0.15, 0.2) is 47.4 Å². The summed E-state index contributed by atoms with van der Waals surface area (Å²) in [6.45, 7) is 3.59. The van der Waals surface area contributed by atoms with Crippen molar-refractivity contribution in [3.8, 4) is 5.88 Å². The van der Waals surface area contributed by atoms with Crippen LogP contribution in [0.4, 0.5) is 13.2 Å². The van der Waals surface area contributed by atoms with Crippen LogP contribution in [0.2, 0.25) is 0 Å². The Kier molecular flexibility index (Phi) is 6.43. The standard InChI is InChI=1S/C17H20N2O3.C2HF3O2/c1-2-6-18-16(3-1)22-15-9-17(21-12-15)5-7-19(13-17)10-14-4-8-20-11-14;3-2(4,5)1(6)7/h1-4,6,8,11,15H,5,7,9-10,12-13H2;(H,6,7)/t15-,17+;/m1./s1. The molecule has 2 saturated heterocycles. The lowest BCUT2D eigenvalue weighted by atomic mass is 9.98. The molecule has 10 heteroatoms. The van der Waals surface area contributed by atoms with Gasteiger partial charge in [-0.25, -0.2) is 9.78 Å². The first-order chi connectivity index (χ1) is 13.8. The van der Waals surface area contributed by atoms with Crippen molar-refractivity contribution in [3.05, 3.63) is 48.6 Å². The average molecular weight is 414 g/mol. The molecular weight excluding hydrogens is 393 g/mol. The first-order valence-corrected chi connectivity index (χ1v) is 9.01. The smallest absolute Gasteiger partial charge is 0.475 e. The van der Waals surface area contributed by atoms with Gasteiger partial charge in [0.1, 0.15) is 6.10 Å². The predicted molar refractivity (Wildman–Crippen MR) is 94.2 cm³/mol. The lowest BCUT2D eigenvalue weighted by Gasteiger charge is -2.23. The van der Waals surface area contributed by atoms with E-state index in [-0.39, 0.29) is 11.7 Å². The van der Waals surface area contributed by atoms with E-state index in [2.05, 4.69) is 9.88 Å². The van der Waals surface area contributed by atoms with Crippen molar-refractivity contribution in [2.24, 2.45) is 0 Å². The number of aromatic nitrogens is 1. The second kappa shape index (κ2) is 8.83. The number of likely N-dealkylation sites (tertiary alicyclic amines) is 1. The Bertz CT molecular complexity index is 785. The van der Waals surface area contributed by atoms with E-state index < -0.39 is 12.1 Å². The van der Waals surface area contributed by atoms with Crippen LogP contribution in [0, 0.1) is 0 Å². The quantitative estimate of drug-likeness (QED) is 0.823. The number of pyridine rings is 1. The summed E-state index contributed by atoms with van der Waals surface area (Å²) in [4.78, 5) is 15.5. The monoisotopic (exact) mass is 414 g/mol. The molecule has 2 fully saturated rings. The summed E-state index contributed by atoms with van der Waals surface area (Å²) in [7, 11) is 0. The van der Waals surface area contributed by atoms with Crippen LogP contribution in [-0.2, 0) is 16.1 Å². The van der Waals surface area contributed by atoms with Gasteiger partial charge < -0.3 is 19.0 Å². The second-order valence-corrected chi connectivity index (χ2v) is 7.00. The Morgan fingerprint density at radius 3 is 2.79 bits per heavy atom. The van der Waals surface area contributed by atoms with Crippen molar-refractivity contribution < 1.29 is 37.0 Å². The van der Waals surface area contributed by atoms with Gasteiger partial charge in [0.15, 0.2) is 0 Å². The zero-order valence-corrected chi connectivity index (χ0v) is 15.5. The fourth-order valence-corrected chi connectivity index (χ4v) is 3.45. The second-order valence-electron chi connectivity index (χ2n) is 7.00. The number of rotatable bonds is 4. The number of aliphatic carboxylic acids is 1. The number of carbonyl (C=O) groups is 1. The molecule has 2 aliphatic rings. The van der Waals surface area contributed by atoms with Gasteiger partial charge in [-0.2, -0.15) is 13.2 Å². The molecule has 2 aliphatic heterocycles. The number of alkyl halides is 3. The number of nitrogens with zero attached hydrogens (tertiary/aromatic N) is 2. The highest BCUT2D eigenvalue weighted by Gasteiger charge is 2.46. The van der Waals surface area contributed by atoms with Gasteiger partial charge in [0.2, 0.25) is 5.88 Å². The molecule has 4 heterocycles. The molecular formula is C19H21F3N2O5. The third-order valence-corrected chi connectivity index (χ3v) is 4.72. The summed E-state index contributed by atoms with van der Waals surface area (Å²) in [5.41, 5.74) is 1.17. The summed E-state index contributed by atoms with van der Waals surface area (Å²) in [5, 5.41) is 7.12. The molecule has 0 saturated carbocycles. The Hall–Kier alpha value is -2.59. The maximum Gasteiger partial charge on any atom is 0.490 e.